The number of anilines is 1. The van der Waals surface area contributed by atoms with E-state index in [1.807, 2.05) is 24.0 Å². The molecule has 204 valence electrons. The van der Waals surface area contributed by atoms with Crippen LogP contribution in [0.15, 0.2) is 60.8 Å². The van der Waals surface area contributed by atoms with E-state index in [0.717, 1.165) is 49.3 Å². The number of ether oxygens (including phenoxy) is 1. The number of carbonyl (C=O) groups excluding carboxylic acids is 2. The molecule has 0 bridgehead atoms. The molecule has 0 spiro atoms. The number of piperidine rings is 2. The number of hydrogen-bond acceptors (Lipinski definition) is 6. The van der Waals surface area contributed by atoms with E-state index in [2.05, 4.69) is 59.3 Å². The molecule has 7 nitrogen and oxygen atoms in total. The maximum absolute atomic E-state index is 13.8. The molecule has 2 aromatic carbocycles. The molecule has 1 amide bonds. The highest BCUT2D eigenvalue weighted by atomic mass is 16.5. The van der Waals surface area contributed by atoms with Gasteiger partial charge in [-0.15, -0.1) is 0 Å². The quantitative estimate of drug-likeness (QED) is 0.388. The Kier molecular flexibility index (Phi) is 8.54. The van der Waals surface area contributed by atoms with E-state index in [1.54, 1.807) is 6.20 Å². The average Bonchev–Trinajstić information content (AvgIpc) is 2.98. The highest BCUT2D eigenvalue weighted by Gasteiger charge is 2.32. The summed E-state index contributed by atoms with van der Waals surface area (Å²) in [5, 5.41) is 0. The molecule has 2 saturated heterocycles. The third-order valence-corrected chi connectivity index (χ3v) is 7.96. The van der Waals surface area contributed by atoms with Crippen LogP contribution < -0.4 is 4.90 Å². The normalized spacial score (nSPS) is 16.8. The molecule has 3 aromatic rings. The van der Waals surface area contributed by atoms with Gasteiger partial charge in [0.2, 0.25) is 0 Å². The zero-order valence-corrected chi connectivity index (χ0v) is 23.0. The smallest absolute Gasteiger partial charge is 0.309 e. The van der Waals surface area contributed by atoms with Gasteiger partial charge in [-0.05, 0) is 63.5 Å². The van der Waals surface area contributed by atoms with Gasteiger partial charge >= 0.3 is 5.97 Å². The minimum atomic E-state index is -0.158. The van der Waals surface area contributed by atoms with Crippen LogP contribution in [0.4, 0.5) is 5.82 Å². The number of benzene rings is 2. The van der Waals surface area contributed by atoms with Crippen molar-refractivity contribution in [2.24, 2.45) is 11.8 Å². The fraction of sp³-hybridized carbons (Fsp3) is 0.438. The summed E-state index contributed by atoms with van der Waals surface area (Å²) in [4.78, 5) is 39.7. The Hall–Kier alpha value is -3.74. The van der Waals surface area contributed by atoms with E-state index in [4.69, 9.17) is 9.72 Å². The summed E-state index contributed by atoms with van der Waals surface area (Å²) in [5.74, 6) is 1.61. The Morgan fingerprint density at radius 2 is 1.69 bits per heavy atom. The topological polar surface area (TPSA) is 75.6 Å². The highest BCUT2D eigenvalue weighted by molar-refractivity contribution is 5.99. The molecule has 39 heavy (non-hydrogen) atoms. The van der Waals surface area contributed by atoms with Crippen LogP contribution in [0, 0.1) is 18.8 Å². The molecule has 7 heteroatoms. The van der Waals surface area contributed by atoms with Gasteiger partial charge in [0.25, 0.3) is 5.91 Å². The van der Waals surface area contributed by atoms with Crippen LogP contribution in [0.2, 0.25) is 0 Å². The van der Waals surface area contributed by atoms with E-state index < -0.39 is 0 Å². The lowest BCUT2D eigenvalue weighted by atomic mass is 9.90. The summed E-state index contributed by atoms with van der Waals surface area (Å²) in [5.41, 5.74) is 4.01. The van der Waals surface area contributed by atoms with Gasteiger partial charge in [-0.25, -0.2) is 9.97 Å². The molecule has 0 N–H and O–H groups in total. The molecule has 1 aromatic heterocycles. The first-order valence-electron chi connectivity index (χ1n) is 14.2. The van der Waals surface area contributed by atoms with Gasteiger partial charge in [-0.3, -0.25) is 9.59 Å². The summed E-state index contributed by atoms with van der Waals surface area (Å²) in [6, 6.07) is 18.8. The number of nitrogens with zero attached hydrogens (tertiary/aromatic N) is 4. The van der Waals surface area contributed by atoms with Crippen molar-refractivity contribution in [2.75, 3.05) is 37.7 Å². The van der Waals surface area contributed by atoms with Gasteiger partial charge in [-0.1, -0.05) is 54.1 Å². The summed E-state index contributed by atoms with van der Waals surface area (Å²) in [6.07, 6.45) is 6.12. The third-order valence-electron chi connectivity index (χ3n) is 7.96. The Morgan fingerprint density at radius 3 is 2.38 bits per heavy atom. The fourth-order valence-electron chi connectivity index (χ4n) is 5.73. The Bertz CT molecular complexity index is 1280. The second-order valence-corrected chi connectivity index (χ2v) is 10.7. The van der Waals surface area contributed by atoms with E-state index in [-0.39, 0.29) is 17.8 Å². The SMILES string of the molecule is CCOC(=O)C1CCN(C(=O)c2cnc(-c3cccc(C)c3)nc2N2CCC(Cc3ccccc3)CC2)CC1. The second-order valence-electron chi connectivity index (χ2n) is 10.7. The second kappa shape index (κ2) is 12.4. The van der Waals surface area contributed by atoms with Crippen molar-refractivity contribution in [3.05, 3.63) is 77.5 Å². The van der Waals surface area contributed by atoms with E-state index in [0.29, 0.717) is 49.8 Å². The summed E-state index contributed by atoms with van der Waals surface area (Å²) >= 11 is 0. The lowest BCUT2D eigenvalue weighted by molar-refractivity contribution is -0.149. The van der Waals surface area contributed by atoms with Crippen LogP contribution in [-0.4, -0.2) is 59.5 Å². The number of rotatable bonds is 7. The van der Waals surface area contributed by atoms with Crippen LogP contribution in [0.1, 0.15) is 54.1 Å². The number of hydrogen-bond donors (Lipinski definition) is 0. The predicted octanol–water partition coefficient (Wildman–Crippen LogP) is 5.33. The molecular formula is C32H38N4O3. The Balaban J connectivity index is 1.35. The van der Waals surface area contributed by atoms with Crippen molar-refractivity contribution in [3.63, 3.8) is 0 Å². The number of aryl methyl sites for hydroxylation is 1. The van der Waals surface area contributed by atoms with Crippen LogP contribution in [0.5, 0.6) is 0 Å². The molecule has 0 atom stereocenters. The zero-order valence-electron chi connectivity index (χ0n) is 23.0. The van der Waals surface area contributed by atoms with Crippen LogP contribution in [-0.2, 0) is 16.0 Å². The van der Waals surface area contributed by atoms with Crippen LogP contribution in [0.3, 0.4) is 0 Å². The van der Waals surface area contributed by atoms with Gasteiger partial charge in [0, 0.05) is 37.9 Å². The monoisotopic (exact) mass is 526 g/mol. The minimum Gasteiger partial charge on any atom is -0.466 e. The molecule has 0 radical (unpaired) electrons. The van der Waals surface area contributed by atoms with E-state index in [1.165, 1.54) is 5.56 Å². The van der Waals surface area contributed by atoms with Gasteiger partial charge < -0.3 is 14.5 Å². The van der Waals surface area contributed by atoms with E-state index >= 15 is 0 Å². The van der Waals surface area contributed by atoms with Crippen molar-refractivity contribution >= 4 is 17.7 Å². The largest absolute Gasteiger partial charge is 0.466 e. The standard InChI is InChI=1S/C32H38N4O3/c1-3-39-32(38)26-14-18-36(19-15-26)31(37)28-22-33-29(27-11-7-8-23(2)20-27)34-30(28)35-16-12-25(13-17-35)21-24-9-5-4-6-10-24/h4-11,20,22,25-26H,3,12-19,21H2,1-2H3. The molecular weight excluding hydrogens is 488 g/mol. The van der Waals surface area contributed by atoms with Crippen molar-refractivity contribution < 1.29 is 14.3 Å². The van der Waals surface area contributed by atoms with Gasteiger partial charge in [0.05, 0.1) is 12.5 Å². The first kappa shape index (κ1) is 26.9. The van der Waals surface area contributed by atoms with Crippen LogP contribution >= 0.6 is 0 Å². The third kappa shape index (κ3) is 6.47. The number of aromatic nitrogens is 2. The maximum atomic E-state index is 13.8. The lowest BCUT2D eigenvalue weighted by Gasteiger charge is -2.35. The lowest BCUT2D eigenvalue weighted by Crippen LogP contribution is -2.42. The van der Waals surface area contributed by atoms with Gasteiger partial charge in [0.1, 0.15) is 11.4 Å². The number of esters is 1. The van der Waals surface area contributed by atoms with Gasteiger partial charge in [0.15, 0.2) is 5.82 Å². The number of carbonyl (C=O) groups is 2. The molecule has 0 aliphatic carbocycles. The number of amides is 1. The predicted molar refractivity (Wildman–Crippen MR) is 153 cm³/mol. The minimum absolute atomic E-state index is 0.0606. The molecule has 2 aliphatic rings. The first-order valence-corrected chi connectivity index (χ1v) is 14.2. The summed E-state index contributed by atoms with van der Waals surface area (Å²) < 4.78 is 5.20. The summed E-state index contributed by atoms with van der Waals surface area (Å²) in [7, 11) is 0. The maximum Gasteiger partial charge on any atom is 0.309 e. The molecule has 3 heterocycles. The van der Waals surface area contributed by atoms with Crippen molar-refractivity contribution in [3.8, 4) is 11.4 Å². The van der Waals surface area contributed by atoms with Crippen LogP contribution in [0.25, 0.3) is 11.4 Å². The number of likely N-dealkylation sites (tertiary alicyclic amines) is 1. The van der Waals surface area contributed by atoms with Crippen molar-refractivity contribution in [1.82, 2.24) is 14.9 Å². The molecule has 2 fully saturated rings. The van der Waals surface area contributed by atoms with Crippen molar-refractivity contribution in [1.29, 1.82) is 0 Å². The fourth-order valence-corrected chi connectivity index (χ4v) is 5.73. The Morgan fingerprint density at radius 1 is 0.949 bits per heavy atom. The average molecular weight is 527 g/mol. The molecule has 5 rings (SSSR count). The zero-order chi connectivity index (χ0) is 27.2. The van der Waals surface area contributed by atoms with E-state index in [9.17, 15) is 9.59 Å². The molecule has 0 unspecified atom stereocenters. The molecule has 0 saturated carbocycles. The first-order chi connectivity index (χ1) is 19.0. The Labute approximate surface area is 231 Å². The molecule has 2 aliphatic heterocycles. The highest BCUT2D eigenvalue weighted by Crippen LogP contribution is 2.30. The van der Waals surface area contributed by atoms with Crippen molar-refractivity contribution in [2.45, 2.75) is 46.0 Å². The summed E-state index contributed by atoms with van der Waals surface area (Å²) in [6.45, 7) is 7.03. The van der Waals surface area contributed by atoms with Gasteiger partial charge in [-0.2, -0.15) is 0 Å².